The molecule has 0 bridgehead atoms. The average molecular weight is 423 g/mol. The lowest BCUT2D eigenvalue weighted by Gasteiger charge is -2.09. The summed E-state index contributed by atoms with van der Waals surface area (Å²) in [7, 11) is 2.19. The van der Waals surface area contributed by atoms with Crippen LogP contribution in [0.15, 0.2) is 115 Å². The van der Waals surface area contributed by atoms with Crippen molar-refractivity contribution in [1.29, 1.82) is 0 Å². The summed E-state index contributed by atoms with van der Waals surface area (Å²) < 4.78 is 4.78. The molecule has 0 fully saturated rings. The molecule has 0 amide bonds. The Bertz CT molecular complexity index is 1800. The van der Waals surface area contributed by atoms with Crippen LogP contribution in [0.5, 0.6) is 0 Å². The van der Waals surface area contributed by atoms with Crippen LogP contribution in [0.3, 0.4) is 0 Å². The van der Waals surface area contributed by atoms with Gasteiger partial charge in [-0.05, 0) is 41.5 Å². The van der Waals surface area contributed by atoms with E-state index in [1.165, 1.54) is 60.4 Å². The number of para-hydroxylation sites is 2. The molecule has 156 valence electrons. The molecule has 0 atom stereocenters. The number of nitrogens with zero attached hydrogens (tertiary/aromatic N) is 2. The van der Waals surface area contributed by atoms with Crippen molar-refractivity contribution >= 4 is 43.6 Å². The topological polar surface area (TPSA) is 9.86 Å². The first-order valence-electron chi connectivity index (χ1n) is 11.4. The van der Waals surface area contributed by atoms with Crippen LogP contribution in [0, 0.1) is 0 Å². The predicted molar refractivity (Wildman–Crippen MR) is 140 cm³/mol. The minimum absolute atomic E-state index is 1.19. The van der Waals surface area contributed by atoms with E-state index < -0.39 is 0 Å². The van der Waals surface area contributed by atoms with E-state index in [0.717, 1.165) is 0 Å². The van der Waals surface area contributed by atoms with Gasteiger partial charge in [-0.1, -0.05) is 84.9 Å². The second-order valence-corrected chi connectivity index (χ2v) is 8.70. The SMILES string of the molecule is Cn1c2ccc(-c3ccccc3)cc2c2ccc3c4ccccc4n(-c4ccccc4)c3c21. The fourth-order valence-corrected chi connectivity index (χ4v) is 5.42. The Hall–Kier alpha value is -4.30. The Balaban J connectivity index is 1.66. The summed E-state index contributed by atoms with van der Waals surface area (Å²) in [5.41, 5.74) is 8.71. The number of aryl methyl sites for hydroxylation is 1. The minimum atomic E-state index is 1.19. The van der Waals surface area contributed by atoms with Gasteiger partial charge in [0, 0.05) is 39.8 Å². The van der Waals surface area contributed by atoms with Gasteiger partial charge < -0.3 is 9.13 Å². The van der Waals surface area contributed by atoms with Gasteiger partial charge in [-0.3, -0.25) is 0 Å². The third kappa shape index (κ3) is 2.55. The van der Waals surface area contributed by atoms with Gasteiger partial charge in [-0.2, -0.15) is 0 Å². The molecule has 0 spiro atoms. The second-order valence-electron chi connectivity index (χ2n) is 8.70. The molecule has 2 heteroatoms. The van der Waals surface area contributed by atoms with E-state index in [2.05, 4.69) is 131 Å². The van der Waals surface area contributed by atoms with E-state index in [1.54, 1.807) is 0 Å². The number of aromatic nitrogens is 2. The van der Waals surface area contributed by atoms with Crippen LogP contribution in [0.2, 0.25) is 0 Å². The Kier molecular flexibility index (Phi) is 3.80. The van der Waals surface area contributed by atoms with E-state index in [9.17, 15) is 0 Å². The molecule has 0 saturated heterocycles. The van der Waals surface area contributed by atoms with Gasteiger partial charge in [0.15, 0.2) is 0 Å². The Morgan fingerprint density at radius 2 is 1.12 bits per heavy atom. The van der Waals surface area contributed by atoms with E-state index >= 15 is 0 Å². The van der Waals surface area contributed by atoms with Crippen LogP contribution in [-0.4, -0.2) is 9.13 Å². The first-order chi connectivity index (χ1) is 16.3. The standard InChI is InChI=1S/C31H22N2/c1-32-28-19-16-22(21-10-4-2-5-11-21)20-27(28)26-18-17-25-24-14-8-9-15-29(24)33(31(25)30(26)32)23-12-6-3-7-13-23/h2-20H,1H3. The van der Waals surface area contributed by atoms with Crippen LogP contribution in [0.25, 0.3) is 60.4 Å². The first kappa shape index (κ1) is 18.3. The molecule has 0 aliphatic carbocycles. The summed E-state index contributed by atoms with van der Waals surface area (Å²) in [5.74, 6) is 0. The van der Waals surface area contributed by atoms with Crippen LogP contribution in [0.4, 0.5) is 0 Å². The molecule has 0 aliphatic heterocycles. The molecule has 2 aromatic heterocycles. The zero-order valence-electron chi connectivity index (χ0n) is 18.4. The van der Waals surface area contributed by atoms with E-state index in [-0.39, 0.29) is 0 Å². The largest absolute Gasteiger partial charge is 0.342 e. The quantitative estimate of drug-likeness (QED) is 0.266. The Morgan fingerprint density at radius 1 is 0.455 bits per heavy atom. The second kappa shape index (κ2) is 6.85. The van der Waals surface area contributed by atoms with Crippen LogP contribution in [-0.2, 0) is 7.05 Å². The van der Waals surface area contributed by atoms with Gasteiger partial charge >= 0.3 is 0 Å². The highest BCUT2D eigenvalue weighted by molar-refractivity contribution is 6.23. The summed E-state index contributed by atoms with van der Waals surface area (Å²) in [4.78, 5) is 0. The predicted octanol–water partition coefficient (Wildman–Crippen LogP) is 8.10. The monoisotopic (exact) mass is 422 g/mol. The number of rotatable bonds is 2. The van der Waals surface area contributed by atoms with Crippen molar-refractivity contribution in [1.82, 2.24) is 9.13 Å². The van der Waals surface area contributed by atoms with Crippen molar-refractivity contribution in [3.05, 3.63) is 115 Å². The molecule has 0 unspecified atom stereocenters. The van der Waals surface area contributed by atoms with Gasteiger partial charge in [0.25, 0.3) is 0 Å². The summed E-state index contributed by atoms with van der Waals surface area (Å²) in [6, 6.07) is 41.5. The lowest BCUT2D eigenvalue weighted by atomic mass is 10.0. The summed E-state index contributed by atoms with van der Waals surface area (Å²) in [6.45, 7) is 0. The number of benzene rings is 5. The molecule has 0 aliphatic rings. The maximum Gasteiger partial charge on any atom is 0.0785 e. The Labute approximate surface area is 191 Å². The van der Waals surface area contributed by atoms with Gasteiger partial charge in [0.1, 0.15) is 0 Å². The molecule has 5 aromatic carbocycles. The highest BCUT2D eigenvalue weighted by atomic mass is 15.0. The number of hydrogen-bond acceptors (Lipinski definition) is 0. The summed E-state index contributed by atoms with van der Waals surface area (Å²) in [6.07, 6.45) is 0. The van der Waals surface area contributed by atoms with Gasteiger partial charge in [0.05, 0.1) is 16.6 Å². The molecule has 2 heterocycles. The molecule has 0 radical (unpaired) electrons. The normalized spacial score (nSPS) is 11.8. The molecule has 33 heavy (non-hydrogen) atoms. The summed E-state index contributed by atoms with van der Waals surface area (Å²) >= 11 is 0. The van der Waals surface area contributed by atoms with Gasteiger partial charge in [-0.15, -0.1) is 0 Å². The minimum Gasteiger partial charge on any atom is -0.342 e. The fourth-order valence-electron chi connectivity index (χ4n) is 5.42. The molecule has 0 N–H and O–H groups in total. The van der Waals surface area contributed by atoms with Crippen LogP contribution in [0.1, 0.15) is 0 Å². The highest BCUT2D eigenvalue weighted by Crippen LogP contribution is 2.40. The number of fused-ring (bicyclic) bond motifs is 7. The van der Waals surface area contributed by atoms with Crippen LogP contribution < -0.4 is 0 Å². The van der Waals surface area contributed by atoms with Crippen LogP contribution >= 0.6 is 0 Å². The van der Waals surface area contributed by atoms with Crippen molar-refractivity contribution in [2.45, 2.75) is 0 Å². The fraction of sp³-hybridized carbons (Fsp3) is 0.0323. The lowest BCUT2D eigenvalue weighted by molar-refractivity contribution is 1.01. The first-order valence-corrected chi connectivity index (χ1v) is 11.4. The molecule has 2 nitrogen and oxygen atoms in total. The number of hydrogen-bond donors (Lipinski definition) is 0. The zero-order valence-corrected chi connectivity index (χ0v) is 18.4. The summed E-state index contributed by atoms with van der Waals surface area (Å²) in [5, 5.41) is 5.16. The maximum atomic E-state index is 2.42. The van der Waals surface area contributed by atoms with Crippen molar-refractivity contribution in [2.24, 2.45) is 7.05 Å². The molecular formula is C31H22N2. The third-order valence-corrected chi connectivity index (χ3v) is 6.91. The molecule has 7 aromatic rings. The molecular weight excluding hydrogens is 400 g/mol. The molecule has 0 saturated carbocycles. The highest BCUT2D eigenvalue weighted by Gasteiger charge is 2.19. The zero-order chi connectivity index (χ0) is 21.9. The van der Waals surface area contributed by atoms with E-state index in [1.807, 2.05) is 0 Å². The van der Waals surface area contributed by atoms with Crippen molar-refractivity contribution in [3.63, 3.8) is 0 Å². The maximum absolute atomic E-state index is 2.42. The van der Waals surface area contributed by atoms with Gasteiger partial charge in [0.2, 0.25) is 0 Å². The third-order valence-electron chi connectivity index (χ3n) is 6.91. The smallest absolute Gasteiger partial charge is 0.0785 e. The average Bonchev–Trinajstić information content (AvgIpc) is 3.37. The van der Waals surface area contributed by atoms with Gasteiger partial charge in [-0.25, -0.2) is 0 Å². The Morgan fingerprint density at radius 3 is 1.91 bits per heavy atom. The molecule has 7 rings (SSSR count). The van der Waals surface area contributed by atoms with E-state index in [4.69, 9.17) is 0 Å². The van der Waals surface area contributed by atoms with Crippen molar-refractivity contribution in [2.75, 3.05) is 0 Å². The van der Waals surface area contributed by atoms with Crippen molar-refractivity contribution in [3.8, 4) is 16.8 Å². The van der Waals surface area contributed by atoms with E-state index in [0.29, 0.717) is 0 Å². The van der Waals surface area contributed by atoms with Crippen molar-refractivity contribution < 1.29 is 0 Å². The lowest BCUT2D eigenvalue weighted by Crippen LogP contribution is -1.96.